The Kier molecular flexibility index (Phi) is 6.76. The zero-order valence-corrected chi connectivity index (χ0v) is 18.7. The molecule has 0 spiro atoms. The van der Waals surface area contributed by atoms with Crippen LogP contribution in [0.5, 0.6) is 5.75 Å². The summed E-state index contributed by atoms with van der Waals surface area (Å²) in [5.74, 6) is -0.399. The zero-order chi connectivity index (χ0) is 23.3. The van der Waals surface area contributed by atoms with Gasteiger partial charge in [-0.15, -0.1) is 0 Å². The summed E-state index contributed by atoms with van der Waals surface area (Å²) in [5.41, 5.74) is 4.01. The van der Waals surface area contributed by atoms with E-state index in [1.54, 1.807) is 30.3 Å². The molecule has 0 heterocycles. The number of hydrogen-bond donors (Lipinski definition) is 1. The van der Waals surface area contributed by atoms with Crippen LogP contribution in [-0.4, -0.2) is 14.3 Å². The molecule has 0 saturated heterocycles. The fraction of sp³-hybridized carbons (Fsp3) is 0.120. The Morgan fingerprint density at radius 3 is 2.25 bits per heavy atom. The van der Waals surface area contributed by atoms with Crippen molar-refractivity contribution in [3.05, 3.63) is 94.6 Å². The third-order valence-electron chi connectivity index (χ3n) is 4.92. The number of carbonyl (C=O) groups excluding carboxylic acids is 1. The number of rotatable bonds is 6. The van der Waals surface area contributed by atoms with Crippen molar-refractivity contribution in [2.24, 2.45) is 0 Å². The first-order valence-electron chi connectivity index (χ1n) is 9.80. The summed E-state index contributed by atoms with van der Waals surface area (Å²) in [7, 11) is -3.96. The SMILES string of the molecule is Cc1ccc(S(=O)(=O)Oc2ccc(/C=C(\C#N)C(=O)Nc3cccc(C)c3C)cc2)cc1. The van der Waals surface area contributed by atoms with Crippen LogP contribution in [0.2, 0.25) is 0 Å². The Bertz CT molecular complexity index is 1320. The number of nitrogens with zero attached hydrogens (tertiary/aromatic N) is 1. The molecule has 0 aliphatic heterocycles. The summed E-state index contributed by atoms with van der Waals surface area (Å²) in [5, 5.41) is 12.2. The van der Waals surface area contributed by atoms with Crippen LogP contribution in [0.15, 0.2) is 77.2 Å². The first-order chi connectivity index (χ1) is 15.2. The van der Waals surface area contributed by atoms with Crippen molar-refractivity contribution in [1.82, 2.24) is 0 Å². The number of benzene rings is 3. The maximum Gasteiger partial charge on any atom is 0.339 e. The molecule has 0 unspecified atom stereocenters. The molecule has 1 N–H and O–H groups in total. The average molecular weight is 447 g/mol. The van der Waals surface area contributed by atoms with Crippen LogP contribution in [0.4, 0.5) is 5.69 Å². The second-order valence-electron chi connectivity index (χ2n) is 7.29. The molecule has 0 saturated carbocycles. The third kappa shape index (κ3) is 5.42. The van der Waals surface area contributed by atoms with Gasteiger partial charge in [-0.05, 0) is 73.9 Å². The van der Waals surface area contributed by atoms with Gasteiger partial charge >= 0.3 is 10.1 Å². The van der Waals surface area contributed by atoms with Crippen LogP contribution < -0.4 is 9.50 Å². The molecule has 0 bridgehead atoms. The van der Waals surface area contributed by atoms with Crippen LogP contribution in [0.3, 0.4) is 0 Å². The van der Waals surface area contributed by atoms with E-state index >= 15 is 0 Å². The molecule has 3 aromatic rings. The smallest absolute Gasteiger partial charge is 0.339 e. The monoisotopic (exact) mass is 446 g/mol. The van der Waals surface area contributed by atoms with Crippen LogP contribution >= 0.6 is 0 Å². The number of nitriles is 1. The fourth-order valence-corrected chi connectivity index (χ4v) is 3.82. The Balaban J connectivity index is 1.75. The summed E-state index contributed by atoms with van der Waals surface area (Å²) in [6.07, 6.45) is 1.43. The van der Waals surface area contributed by atoms with Crippen molar-refractivity contribution >= 4 is 27.8 Å². The van der Waals surface area contributed by atoms with Gasteiger partial charge in [-0.1, -0.05) is 42.0 Å². The lowest BCUT2D eigenvalue weighted by Crippen LogP contribution is -2.14. The predicted molar refractivity (Wildman–Crippen MR) is 124 cm³/mol. The van der Waals surface area contributed by atoms with E-state index in [4.69, 9.17) is 4.18 Å². The lowest BCUT2D eigenvalue weighted by molar-refractivity contribution is -0.112. The van der Waals surface area contributed by atoms with E-state index in [2.05, 4.69) is 5.32 Å². The Hall–Kier alpha value is -3.89. The third-order valence-corrected chi connectivity index (χ3v) is 6.19. The maximum absolute atomic E-state index is 12.5. The Labute approximate surface area is 187 Å². The first-order valence-corrected chi connectivity index (χ1v) is 11.2. The topological polar surface area (TPSA) is 96.3 Å². The minimum Gasteiger partial charge on any atom is -0.379 e. The number of hydrogen-bond acceptors (Lipinski definition) is 5. The van der Waals surface area contributed by atoms with Gasteiger partial charge in [-0.2, -0.15) is 13.7 Å². The van der Waals surface area contributed by atoms with Crippen molar-refractivity contribution in [3.63, 3.8) is 0 Å². The number of amides is 1. The van der Waals surface area contributed by atoms with E-state index < -0.39 is 16.0 Å². The molecule has 3 rings (SSSR count). The molecule has 32 heavy (non-hydrogen) atoms. The van der Waals surface area contributed by atoms with Crippen molar-refractivity contribution in [1.29, 1.82) is 5.26 Å². The van der Waals surface area contributed by atoms with Gasteiger partial charge in [-0.3, -0.25) is 4.79 Å². The molecule has 3 aromatic carbocycles. The average Bonchev–Trinajstić information content (AvgIpc) is 2.76. The van der Waals surface area contributed by atoms with Crippen LogP contribution in [0, 0.1) is 32.1 Å². The minimum atomic E-state index is -3.96. The molecule has 7 heteroatoms. The van der Waals surface area contributed by atoms with Gasteiger partial charge < -0.3 is 9.50 Å². The second-order valence-corrected chi connectivity index (χ2v) is 8.84. The lowest BCUT2D eigenvalue weighted by Gasteiger charge is -2.10. The Morgan fingerprint density at radius 2 is 1.62 bits per heavy atom. The zero-order valence-electron chi connectivity index (χ0n) is 17.9. The molecule has 0 atom stereocenters. The van der Waals surface area contributed by atoms with E-state index in [0.717, 1.165) is 16.7 Å². The molecular weight excluding hydrogens is 424 g/mol. The van der Waals surface area contributed by atoms with Gasteiger partial charge in [0.15, 0.2) is 0 Å². The number of nitrogens with one attached hydrogen (secondary N) is 1. The quantitative estimate of drug-likeness (QED) is 0.329. The van der Waals surface area contributed by atoms with Crippen LogP contribution in [-0.2, 0) is 14.9 Å². The van der Waals surface area contributed by atoms with Crippen LogP contribution in [0.25, 0.3) is 6.08 Å². The van der Waals surface area contributed by atoms with E-state index in [0.29, 0.717) is 11.3 Å². The van der Waals surface area contributed by atoms with Crippen molar-refractivity contribution in [2.45, 2.75) is 25.7 Å². The fourth-order valence-electron chi connectivity index (χ4n) is 2.89. The molecule has 162 valence electrons. The number of anilines is 1. The van der Waals surface area contributed by atoms with Gasteiger partial charge in [0, 0.05) is 5.69 Å². The summed E-state index contributed by atoms with van der Waals surface area (Å²) < 4.78 is 30.0. The standard InChI is InChI=1S/C25H22N2O4S/c1-17-7-13-23(14-8-17)32(29,30)31-22-11-9-20(10-12-22)15-21(16-26)25(28)27-24-6-4-5-18(2)19(24)3/h4-15H,1-3H3,(H,27,28)/b21-15+. The number of carbonyl (C=O) groups is 1. The highest BCUT2D eigenvalue weighted by molar-refractivity contribution is 7.87. The van der Waals surface area contributed by atoms with E-state index in [1.165, 1.54) is 30.3 Å². The summed E-state index contributed by atoms with van der Waals surface area (Å²) in [4.78, 5) is 12.6. The molecule has 1 amide bonds. The van der Waals surface area contributed by atoms with Gasteiger partial charge in [-0.25, -0.2) is 0 Å². The number of aryl methyl sites for hydroxylation is 2. The highest BCUT2D eigenvalue weighted by atomic mass is 32.2. The van der Waals surface area contributed by atoms with Crippen molar-refractivity contribution < 1.29 is 17.4 Å². The minimum absolute atomic E-state index is 0.0574. The van der Waals surface area contributed by atoms with Gasteiger partial charge in [0.2, 0.25) is 0 Å². The molecule has 0 aliphatic carbocycles. The largest absolute Gasteiger partial charge is 0.379 e. The predicted octanol–water partition coefficient (Wildman–Crippen LogP) is 4.93. The highest BCUT2D eigenvalue weighted by Gasteiger charge is 2.16. The lowest BCUT2D eigenvalue weighted by atomic mass is 10.1. The Morgan fingerprint density at radius 1 is 0.969 bits per heavy atom. The molecule has 6 nitrogen and oxygen atoms in total. The maximum atomic E-state index is 12.5. The summed E-state index contributed by atoms with van der Waals surface area (Å²) in [6.45, 7) is 5.69. The highest BCUT2D eigenvalue weighted by Crippen LogP contribution is 2.22. The van der Waals surface area contributed by atoms with Crippen molar-refractivity contribution in [3.8, 4) is 11.8 Å². The summed E-state index contributed by atoms with van der Waals surface area (Å²) in [6, 6.07) is 19.9. The van der Waals surface area contributed by atoms with E-state index in [9.17, 15) is 18.5 Å². The molecule has 0 radical (unpaired) electrons. The molecular formula is C25H22N2O4S. The first kappa shape index (κ1) is 22.8. The second kappa shape index (κ2) is 9.50. The molecule has 0 aliphatic rings. The van der Waals surface area contributed by atoms with Gasteiger partial charge in [0.25, 0.3) is 5.91 Å². The van der Waals surface area contributed by atoms with E-state index in [1.807, 2.05) is 39.0 Å². The normalized spacial score (nSPS) is 11.5. The van der Waals surface area contributed by atoms with E-state index in [-0.39, 0.29) is 16.2 Å². The molecule has 0 aromatic heterocycles. The summed E-state index contributed by atoms with van der Waals surface area (Å²) >= 11 is 0. The van der Waals surface area contributed by atoms with Crippen molar-refractivity contribution in [2.75, 3.05) is 5.32 Å². The van der Waals surface area contributed by atoms with Crippen LogP contribution in [0.1, 0.15) is 22.3 Å². The van der Waals surface area contributed by atoms with Gasteiger partial charge in [0.1, 0.15) is 22.3 Å². The molecule has 0 fully saturated rings. The van der Waals surface area contributed by atoms with Gasteiger partial charge in [0.05, 0.1) is 0 Å².